The van der Waals surface area contributed by atoms with Crippen LogP contribution in [-0.2, 0) is 13.6 Å². The Morgan fingerprint density at radius 3 is 3.14 bits per heavy atom. The van der Waals surface area contributed by atoms with Gasteiger partial charge in [0.05, 0.1) is 23.7 Å². The van der Waals surface area contributed by atoms with E-state index in [-0.39, 0.29) is 5.37 Å². The zero-order valence-corrected chi connectivity index (χ0v) is 13.3. The van der Waals surface area contributed by atoms with E-state index in [1.165, 1.54) is 11.1 Å². The van der Waals surface area contributed by atoms with Crippen LogP contribution in [-0.4, -0.2) is 21.6 Å². The van der Waals surface area contributed by atoms with Gasteiger partial charge in [-0.25, -0.2) is 9.97 Å². The van der Waals surface area contributed by atoms with Crippen molar-refractivity contribution in [3.05, 3.63) is 47.9 Å². The Bertz CT molecular complexity index is 842. The van der Waals surface area contributed by atoms with E-state index < -0.39 is 0 Å². The van der Waals surface area contributed by atoms with Crippen LogP contribution in [0.4, 0.5) is 5.69 Å². The SMILES string of the molecule is CNCc1cccc(C2Nc3c(ncc4ncn(C)c34)S2)c1. The molecular formula is C16H17N5S. The van der Waals surface area contributed by atoms with Gasteiger partial charge in [0.25, 0.3) is 0 Å². The molecule has 2 aromatic heterocycles. The average molecular weight is 311 g/mol. The van der Waals surface area contributed by atoms with Gasteiger partial charge in [-0.2, -0.15) is 0 Å². The van der Waals surface area contributed by atoms with E-state index in [2.05, 4.69) is 44.9 Å². The summed E-state index contributed by atoms with van der Waals surface area (Å²) < 4.78 is 2.04. The highest BCUT2D eigenvalue weighted by Crippen LogP contribution is 2.47. The smallest absolute Gasteiger partial charge is 0.124 e. The van der Waals surface area contributed by atoms with Gasteiger partial charge in [-0.1, -0.05) is 36.0 Å². The van der Waals surface area contributed by atoms with Crippen molar-refractivity contribution in [3.63, 3.8) is 0 Å². The van der Waals surface area contributed by atoms with Crippen LogP contribution in [0.2, 0.25) is 0 Å². The second-order valence-electron chi connectivity index (χ2n) is 5.45. The average Bonchev–Trinajstić information content (AvgIpc) is 3.11. The molecule has 22 heavy (non-hydrogen) atoms. The maximum atomic E-state index is 4.55. The number of aryl methyl sites for hydroxylation is 1. The number of pyridine rings is 1. The highest BCUT2D eigenvalue weighted by atomic mass is 32.2. The molecule has 0 saturated carbocycles. The molecule has 6 heteroatoms. The monoisotopic (exact) mass is 311 g/mol. The van der Waals surface area contributed by atoms with E-state index in [9.17, 15) is 0 Å². The van der Waals surface area contributed by atoms with Gasteiger partial charge in [-0.15, -0.1) is 0 Å². The lowest BCUT2D eigenvalue weighted by Gasteiger charge is -2.12. The van der Waals surface area contributed by atoms with Crippen LogP contribution < -0.4 is 10.6 Å². The van der Waals surface area contributed by atoms with Crippen LogP contribution in [0.3, 0.4) is 0 Å². The number of benzene rings is 1. The molecule has 0 amide bonds. The summed E-state index contributed by atoms with van der Waals surface area (Å²) in [6, 6.07) is 8.66. The minimum absolute atomic E-state index is 0.194. The predicted molar refractivity (Wildman–Crippen MR) is 89.9 cm³/mol. The van der Waals surface area contributed by atoms with Gasteiger partial charge in [0.1, 0.15) is 15.9 Å². The molecule has 0 aliphatic carbocycles. The van der Waals surface area contributed by atoms with Crippen molar-refractivity contribution in [1.29, 1.82) is 0 Å². The zero-order valence-electron chi connectivity index (χ0n) is 12.5. The minimum Gasteiger partial charge on any atom is -0.365 e. The highest BCUT2D eigenvalue weighted by Gasteiger charge is 2.27. The summed E-state index contributed by atoms with van der Waals surface area (Å²) in [7, 11) is 3.98. The molecule has 1 unspecified atom stereocenters. The van der Waals surface area contributed by atoms with E-state index in [4.69, 9.17) is 0 Å². The summed E-state index contributed by atoms with van der Waals surface area (Å²) in [6.45, 7) is 0.877. The Balaban J connectivity index is 1.71. The maximum Gasteiger partial charge on any atom is 0.124 e. The van der Waals surface area contributed by atoms with Crippen LogP contribution in [0.25, 0.3) is 11.0 Å². The third-order valence-corrected chi connectivity index (χ3v) is 5.02. The van der Waals surface area contributed by atoms with Crippen molar-refractivity contribution in [2.24, 2.45) is 7.05 Å². The lowest BCUT2D eigenvalue weighted by Crippen LogP contribution is -2.07. The fraction of sp³-hybridized carbons (Fsp3) is 0.250. The first-order chi connectivity index (χ1) is 10.8. The number of hydrogen-bond acceptors (Lipinski definition) is 5. The molecule has 1 aliphatic heterocycles. The quantitative estimate of drug-likeness (QED) is 0.779. The molecule has 3 aromatic rings. The van der Waals surface area contributed by atoms with Crippen LogP contribution in [0.5, 0.6) is 0 Å². The van der Waals surface area contributed by atoms with Gasteiger partial charge >= 0.3 is 0 Å². The number of hydrogen-bond donors (Lipinski definition) is 2. The molecule has 1 aromatic carbocycles. The van der Waals surface area contributed by atoms with Gasteiger partial charge in [-0.3, -0.25) is 0 Å². The molecule has 5 nitrogen and oxygen atoms in total. The van der Waals surface area contributed by atoms with E-state index in [1.807, 2.05) is 31.2 Å². The lowest BCUT2D eigenvalue weighted by molar-refractivity contribution is 0.816. The standard InChI is InChI=1S/C16H17N5S/c1-17-7-10-4-3-5-11(6-10)15-20-13-14-12(19-9-21(14)2)8-18-16(13)22-15/h3-6,8-9,15,17,20H,7H2,1-2H3. The van der Waals surface area contributed by atoms with Crippen LogP contribution >= 0.6 is 11.8 Å². The van der Waals surface area contributed by atoms with Crippen molar-refractivity contribution in [1.82, 2.24) is 19.9 Å². The van der Waals surface area contributed by atoms with Gasteiger partial charge in [0, 0.05) is 13.6 Å². The van der Waals surface area contributed by atoms with Crippen molar-refractivity contribution < 1.29 is 0 Å². The molecule has 1 aliphatic rings. The largest absolute Gasteiger partial charge is 0.365 e. The van der Waals surface area contributed by atoms with Crippen LogP contribution in [0.15, 0.2) is 41.8 Å². The van der Waals surface area contributed by atoms with E-state index in [0.29, 0.717) is 0 Å². The van der Waals surface area contributed by atoms with Crippen molar-refractivity contribution in [2.45, 2.75) is 16.9 Å². The molecule has 0 radical (unpaired) electrons. The van der Waals surface area contributed by atoms with Gasteiger partial charge in [0.2, 0.25) is 0 Å². The molecule has 112 valence electrons. The Morgan fingerprint density at radius 1 is 1.36 bits per heavy atom. The third kappa shape index (κ3) is 2.15. The number of aromatic nitrogens is 3. The van der Waals surface area contributed by atoms with Gasteiger partial charge < -0.3 is 15.2 Å². The third-order valence-electron chi connectivity index (χ3n) is 3.86. The number of anilines is 1. The molecule has 0 saturated heterocycles. The Kier molecular flexibility index (Phi) is 3.28. The first-order valence-electron chi connectivity index (χ1n) is 7.23. The van der Waals surface area contributed by atoms with Gasteiger partial charge in [-0.05, 0) is 18.2 Å². The Labute approximate surface area is 133 Å². The summed E-state index contributed by atoms with van der Waals surface area (Å²) in [5.41, 5.74) is 5.69. The molecule has 1 atom stereocenters. The van der Waals surface area contributed by atoms with E-state index in [0.717, 1.165) is 28.3 Å². The fourth-order valence-corrected chi connectivity index (χ4v) is 3.92. The second-order valence-corrected chi connectivity index (χ2v) is 6.54. The van der Waals surface area contributed by atoms with Crippen molar-refractivity contribution >= 4 is 28.5 Å². The van der Waals surface area contributed by atoms with Crippen molar-refractivity contribution in [2.75, 3.05) is 12.4 Å². The Morgan fingerprint density at radius 2 is 2.27 bits per heavy atom. The summed E-state index contributed by atoms with van der Waals surface area (Å²) >= 11 is 1.76. The minimum atomic E-state index is 0.194. The predicted octanol–water partition coefficient (Wildman–Crippen LogP) is 2.90. The molecule has 2 N–H and O–H groups in total. The summed E-state index contributed by atoms with van der Waals surface area (Å²) in [6.07, 6.45) is 3.68. The normalized spacial score (nSPS) is 16.7. The van der Waals surface area contributed by atoms with E-state index >= 15 is 0 Å². The number of nitrogens with zero attached hydrogens (tertiary/aromatic N) is 3. The molecule has 0 fully saturated rings. The second kappa shape index (κ2) is 5.30. The maximum absolute atomic E-state index is 4.55. The van der Waals surface area contributed by atoms with Gasteiger partial charge in [0.15, 0.2) is 0 Å². The summed E-state index contributed by atoms with van der Waals surface area (Å²) in [4.78, 5) is 8.92. The van der Waals surface area contributed by atoms with E-state index in [1.54, 1.807) is 11.8 Å². The fourth-order valence-electron chi connectivity index (χ4n) is 2.85. The van der Waals surface area contributed by atoms with Crippen LogP contribution in [0, 0.1) is 0 Å². The lowest BCUT2D eigenvalue weighted by atomic mass is 10.1. The summed E-state index contributed by atoms with van der Waals surface area (Å²) in [5.74, 6) is 0. The number of thioether (sulfide) groups is 1. The molecule has 3 heterocycles. The first kappa shape index (κ1) is 13.6. The molecule has 0 spiro atoms. The topological polar surface area (TPSA) is 54.8 Å². The number of imidazole rings is 1. The molecule has 4 rings (SSSR count). The molecule has 0 bridgehead atoms. The summed E-state index contributed by atoms with van der Waals surface area (Å²) in [5, 5.41) is 8.04. The van der Waals surface area contributed by atoms with Crippen LogP contribution in [0.1, 0.15) is 16.5 Å². The number of fused-ring (bicyclic) bond motifs is 3. The van der Waals surface area contributed by atoms with Crippen molar-refractivity contribution in [3.8, 4) is 0 Å². The number of rotatable bonds is 3. The number of nitrogens with one attached hydrogen (secondary N) is 2. The highest BCUT2D eigenvalue weighted by molar-refractivity contribution is 8.00. The first-order valence-corrected chi connectivity index (χ1v) is 8.11. The Hall–Kier alpha value is -2.05. The zero-order chi connectivity index (χ0) is 15.1. The molecular weight excluding hydrogens is 294 g/mol.